The van der Waals surface area contributed by atoms with Crippen molar-refractivity contribution in [1.29, 1.82) is 0 Å². The normalized spacial score (nSPS) is 11.4. The molecule has 0 fully saturated rings. The molecule has 0 bridgehead atoms. The van der Waals surface area contributed by atoms with Crippen LogP contribution in [0.25, 0.3) is 0 Å². The summed E-state index contributed by atoms with van der Waals surface area (Å²) in [6.45, 7) is -2.37. The molecular formula is C11H11ClF3NO2. The summed E-state index contributed by atoms with van der Waals surface area (Å²) in [5, 5.41) is 10.3. The second kappa shape index (κ2) is 6.06. The van der Waals surface area contributed by atoms with Gasteiger partial charge in [0.1, 0.15) is 12.4 Å². The van der Waals surface area contributed by atoms with Crippen molar-refractivity contribution in [2.45, 2.75) is 12.3 Å². The van der Waals surface area contributed by atoms with E-state index >= 15 is 0 Å². The average Bonchev–Trinajstić information content (AvgIpc) is 2.32. The molecule has 7 heteroatoms. The van der Waals surface area contributed by atoms with Gasteiger partial charge in [0.25, 0.3) is 5.92 Å². The third kappa shape index (κ3) is 4.19. The van der Waals surface area contributed by atoms with Crippen molar-refractivity contribution in [2.75, 3.05) is 13.2 Å². The minimum absolute atomic E-state index is 0.0519. The first-order valence-electron chi connectivity index (χ1n) is 5.04. The van der Waals surface area contributed by atoms with Crippen molar-refractivity contribution in [2.24, 2.45) is 0 Å². The predicted molar refractivity (Wildman–Crippen MR) is 60.2 cm³/mol. The lowest BCUT2D eigenvalue weighted by Crippen LogP contribution is -2.39. The highest BCUT2D eigenvalue weighted by Gasteiger charge is 2.28. The summed E-state index contributed by atoms with van der Waals surface area (Å²) in [6.07, 6.45) is -0.437. The highest BCUT2D eigenvalue weighted by Crippen LogP contribution is 2.19. The van der Waals surface area contributed by atoms with Gasteiger partial charge in [-0.05, 0) is 12.1 Å². The van der Waals surface area contributed by atoms with Crippen LogP contribution in [-0.2, 0) is 11.2 Å². The Bertz CT molecular complexity index is 420. The van der Waals surface area contributed by atoms with Gasteiger partial charge in [0.2, 0.25) is 5.91 Å². The lowest BCUT2D eigenvalue weighted by Gasteiger charge is -2.14. The standard InChI is InChI=1S/C11H11ClF3NO2/c12-8-2-1-3-9(13)7(8)4-10(18)16-5-11(14,15)6-17/h1-3,17H,4-6H2,(H,16,18). The molecule has 0 saturated heterocycles. The Morgan fingerprint density at radius 1 is 1.44 bits per heavy atom. The number of rotatable bonds is 5. The molecule has 2 N–H and O–H groups in total. The fraction of sp³-hybridized carbons (Fsp3) is 0.364. The minimum atomic E-state index is -3.39. The zero-order valence-corrected chi connectivity index (χ0v) is 9.98. The molecule has 0 atom stereocenters. The van der Waals surface area contributed by atoms with Crippen LogP contribution in [0.3, 0.4) is 0 Å². The number of amides is 1. The Morgan fingerprint density at radius 2 is 2.11 bits per heavy atom. The van der Waals surface area contributed by atoms with Gasteiger partial charge in [-0.25, -0.2) is 13.2 Å². The number of nitrogens with one attached hydrogen (secondary N) is 1. The van der Waals surface area contributed by atoms with E-state index in [1.165, 1.54) is 12.1 Å². The van der Waals surface area contributed by atoms with Crippen LogP contribution in [-0.4, -0.2) is 30.1 Å². The number of halogens is 4. The highest BCUT2D eigenvalue weighted by atomic mass is 35.5. The largest absolute Gasteiger partial charge is 0.390 e. The van der Waals surface area contributed by atoms with E-state index in [0.717, 1.165) is 6.07 Å². The smallest absolute Gasteiger partial charge is 0.287 e. The second-order valence-electron chi connectivity index (χ2n) is 3.67. The number of aliphatic hydroxyl groups is 1. The number of carbonyl (C=O) groups excluding carboxylic acids is 1. The molecule has 1 aromatic rings. The Hall–Kier alpha value is -1.27. The topological polar surface area (TPSA) is 49.3 Å². The van der Waals surface area contributed by atoms with Crippen molar-refractivity contribution >= 4 is 17.5 Å². The number of aliphatic hydroxyl groups excluding tert-OH is 1. The summed E-state index contributed by atoms with van der Waals surface area (Å²) < 4.78 is 38.6. The number of benzene rings is 1. The Morgan fingerprint density at radius 3 is 2.67 bits per heavy atom. The van der Waals surface area contributed by atoms with Crippen molar-refractivity contribution in [3.8, 4) is 0 Å². The highest BCUT2D eigenvalue weighted by molar-refractivity contribution is 6.31. The summed E-state index contributed by atoms with van der Waals surface area (Å²) >= 11 is 5.68. The summed E-state index contributed by atoms with van der Waals surface area (Å²) in [5.74, 6) is -4.86. The van der Waals surface area contributed by atoms with Crippen LogP contribution in [0.15, 0.2) is 18.2 Å². The van der Waals surface area contributed by atoms with Gasteiger partial charge in [0.15, 0.2) is 0 Å². The fourth-order valence-electron chi connectivity index (χ4n) is 1.21. The summed E-state index contributed by atoms with van der Waals surface area (Å²) in [5.41, 5.74) is -0.0519. The van der Waals surface area contributed by atoms with E-state index in [2.05, 4.69) is 0 Å². The average molecular weight is 282 g/mol. The van der Waals surface area contributed by atoms with E-state index in [1.807, 2.05) is 5.32 Å². The molecule has 3 nitrogen and oxygen atoms in total. The first-order valence-corrected chi connectivity index (χ1v) is 5.42. The molecule has 1 aromatic carbocycles. The lowest BCUT2D eigenvalue weighted by molar-refractivity contribution is -0.123. The Labute approximate surface area is 107 Å². The van der Waals surface area contributed by atoms with E-state index in [0.29, 0.717) is 0 Å². The monoisotopic (exact) mass is 281 g/mol. The fourth-order valence-corrected chi connectivity index (χ4v) is 1.44. The zero-order valence-electron chi connectivity index (χ0n) is 9.22. The second-order valence-corrected chi connectivity index (χ2v) is 4.07. The molecule has 0 aromatic heterocycles. The van der Waals surface area contributed by atoms with E-state index in [1.54, 1.807) is 0 Å². The van der Waals surface area contributed by atoms with Gasteiger partial charge in [0.05, 0.1) is 13.0 Å². The molecule has 0 aliphatic rings. The van der Waals surface area contributed by atoms with Crippen LogP contribution in [0, 0.1) is 5.82 Å². The molecular weight excluding hydrogens is 271 g/mol. The quantitative estimate of drug-likeness (QED) is 0.864. The van der Waals surface area contributed by atoms with Gasteiger partial charge in [-0.2, -0.15) is 0 Å². The number of alkyl halides is 2. The summed E-state index contributed by atoms with van der Waals surface area (Å²) in [7, 11) is 0. The van der Waals surface area contributed by atoms with Crippen LogP contribution < -0.4 is 5.32 Å². The van der Waals surface area contributed by atoms with Crippen LogP contribution in [0.2, 0.25) is 5.02 Å². The van der Waals surface area contributed by atoms with E-state index < -0.39 is 37.2 Å². The van der Waals surface area contributed by atoms with E-state index in [4.69, 9.17) is 16.7 Å². The van der Waals surface area contributed by atoms with E-state index in [-0.39, 0.29) is 10.6 Å². The third-order valence-corrected chi connectivity index (χ3v) is 2.53. The summed E-state index contributed by atoms with van der Waals surface area (Å²) in [6, 6.07) is 3.89. The molecule has 1 rings (SSSR count). The van der Waals surface area contributed by atoms with Crippen molar-refractivity contribution in [3.05, 3.63) is 34.6 Å². The number of carbonyl (C=O) groups is 1. The van der Waals surface area contributed by atoms with Gasteiger partial charge in [-0.3, -0.25) is 4.79 Å². The maximum absolute atomic E-state index is 13.3. The molecule has 0 unspecified atom stereocenters. The van der Waals surface area contributed by atoms with Crippen LogP contribution in [0.5, 0.6) is 0 Å². The maximum atomic E-state index is 13.3. The molecule has 0 spiro atoms. The molecule has 0 saturated carbocycles. The predicted octanol–water partition coefficient (Wildman–Crippen LogP) is 1.77. The zero-order chi connectivity index (χ0) is 13.8. The number of hydrogen-bond acceptors (Lipinski definition) is 2. The molecule has 0 radical (unpaired) electrons. The summed E-state index contributed by atoms with van der Waals surface area (Å²) in [4.78, 5) is 11.3. The Kier molecular flexibility index (Phi) is 4.98. The van der Waals surface area contributed by atoms with Crippen LogP contribution in [0.4, 0.5) is 13.2 Å². The van der Waals surface area contributed by atoms with Gasteiger partial charge < -0.3 is 10.4 Å². The van der Waals surface area contributed by atoms with Crippen LogP contribution in [0.1, 0.15) is 5.56 Å². The molecule has 1 amide bonds. The van der Waals surface area contributed by atoms with Crippen molar-refractivity contribution in [3.63, 3.8) is 0 Å². The molecule has 0 aliphatic carbocycles. The molecule has 18 heavy (non-hydrogen) atoms. The van der Waals surface area contributed by atoms with Crippen molar-refractivity contribution in [1.82, 2.24) is 5.32 Å². The van der Waals surface area contributed by atoms with Gasteiger partial charge in [0, 0.05) is 10.6 Å². The van der Waals surface area contributed by atoms with Gasteiger partial charge in [-0.15, -0.1) is 0 Å². The minimum Gasteiger partial charge on any atom is -0.390 e. The van der Waals surface area contributed by atoms with Crippen LogP contribution >= 0.6 is 11.6 Å². The first kappa shape index (κ1) is 14.8. The third-order valence-electron chi connectivity index (χ3n) is 2.17. The number of hydrogen-bond donors (Lipinski definition) is 2. The van der Waals surface area contributed by atoms with Gasteiger partial charge >= 0.3 is 0 Å². The first-order chi connectivity index (χ1) is 8.35. The molecule has 0 aliphatic heterocycles. The lowest BCUT2D eigenvalue weighted by atomic mass is 10.1. The SMILES string of the molecule is O=C(Cc1c(F)cccc1Cl)NCC(F)(F)CO. The van der Waals surface area contributed by atoms with Crippen molar-refractivity contribution < 1.29 is 23.1 Å². The maximum Gasteiger partial charge on any atom is 0.287 e. The Balaban J connectivity index is 2.61. The van der Waals surface area contributed by atoms with E-state index in [9.17, 15) is 18.0 Å². The molecule has 0 heterocycles. The van der Waals surface area contributed by atoms with Gasteiger partial charge in [-0.1, -0.05) is 17.7 Å². The molecule has 100 valence electrons.